The minimum Gasteiger partial charge on any atom is -0.355 e. The quantitative estimate of drug-likeness (QED) is 0.882. The molecular formula is C18H25N5O. The lowest BCUT2D eigenvalue weighted by Crippen LogP contribution is -2.48. The normalized spacial score (nSPS) is 17.8. The van der Waals surface area contributed by atoms with E-state index in [-0.39, 0.29) is 11.9 Å². The van der Waals surface area contributed by atoms with Crippen molar-refractivity contribution in [3.8, 4) is 0 Å². The van der Waals surface area contributed by atoms with Crippen LogP contribution in [0.1, 0.15) is 36.2 Å². The van der Waals surface area contributed by atoms with Crippen molar-refractivity contribution in [2.75, 3.05) is 18.0 Å². The van der Waals surface area contributed by atoms with Gasteiger partial charge in [0, 0.05) is 37.4 Å². The zero-order chi connectivity index (χ0) is 16.9. The molecule has 0 aromatic carbocycles. The highest BCUT2D eigenvalue weighted by molar-refractivity contribution is 5.76. The van der Waals surface area contributed by atoms with Crippen molar-refractivity contribution in [3.05, 3.63) is 41.3 Å². The molecule has 6 heteroatoms. The maximum absolute atomic E-state index is 12.3. The molecule has 6 nitrogen and oxygen atoms in total. The van der Waals surface area contributed by atoms with E-state index >= 15 is 0 Å². The van der Waals surface area contributed by atoms with Crippen LogP contribution < -0.4 is 10.2 Å². The zero-order valence-electron chi connectivity index (χ0n) is 14.4. The number of anilines is 1. The van der Waals surface area contributed by atoms with E-state index in [1.807, 2.05) is 38.2 Å². The van der Waals surface area contributed by atoms with Gasteiger partial charge in [0.05, 0.1) is 5.69 Å². The van der Waals surface area contributed by atoms with Gasteiger partial charge in [0.2, 0.25) is 5.91 Å². The minimum atomic E-state index is 0.114. The molecule has 0 radical (unpaired) electrons. The topological polar surface area (TPSA) is 73.9 Å². The van der Waals surface area contributed by atoms with E-state index in [4.69, 9.17) is 0 Å². The lowest BCUT2D eigenvalue weighted by molar-refractivity contribution is -0.121. The van der Waals surface area contributed by atoms with Crippen LogP contribution in [0.5, 0.6) is 0 Å². The van der Waals surface area contributed by atoms with Crippen LogP contribution in [0, 0.1) is 13.8 Å². The molecule has 1 aliphatic rings. The smallest absolute Gasteiger partial charge is 0.220 e. The highest BCUT2D eigenvalue weighted by atomic mass is 16.1. The number of carbonyl (C=O) groups excluding carboxylic acids is 1. The maximum Gasteiger partial charge on any atom is 0.220 e. The fraction of sp³-hybridized carbons (Fsp3) is 0.500. The Bertz CT molecular complexity index is 662. The number of H-pyrrole nitrogens is 1. The number of hydrogen-bond donors (Lipinski definition) is 2. The molecule has 2 N–H and O–H groups in total. The van der Waals surface area contributed by atoms with Crippen LogP contribution in [0.3, 0.4) is 0 Å². The number of aromatic amines is 1. The van der Waals surface area contributed by atoms with Gasteiger partial charge < -0.3 is 10.2 Å². The van der Waals surface area contributed by atoms with Gasteiger partial charge in [-0.3, -0.25) is 9.89 Å². The summed E-state index contributed by atoms with van der Waals surface area (Å²) in [6.07, 6.45) is 5.14. The maximum atomic E-state index is 12.3. The number of piperidine rings is 1. The van der Waals surface area contributed by atoms with Crippen molar-refractivity contribution in [2.45, 2.75) is 45.6 Å². The fourth-order valence-corrected chi connectivity index (χ4v) is 3.32. The molecular weight excluding hydrogens is 302 g/mol. The standard InChI is InChI=1S/C18H25N5O/c1-13-16(14(2)22-21-13)8-9-18(24)20-15-6-5-11-23(12-15)17-7-3-4-10-19-17/h3-4,7,10,15H,5-6,8-9,11-12H2,1-2H3,(H,20,24)(H,21,22)/t15-/m1/s1. The van der Waals surface area contributed by atoms with Gasteiger partial charge in [-0.2, -0.15) is 5.10 Å². The number of nitrogens with one attached hydrogen (secondary N) is 2. The van der Waals surface area contributed by atoms with Crippen LogP contribution >= 0.6 is 0 Å². The first-order valence-corrected chi connectivity index (χ1v) is 8.59. The highest BCUT2D eigenvalue weighted by Crippen LogP contribution is 2.17. The number of pyridine rings is 1. The monoisotopic (exact) mass is 327 g/mol. The molecule has 1 aliphatic heterocycles. The van der Waals surface area contributed by atoms with Crippen molar-refractivity contribution in [3.63, 3.8) is 0 Å². The summed E-state index contributed by atoms with van der Waals surface area (Å²) in [5, 5.41) is 10.3. The minimum absolute atomic E-state index is 0.114. The molecule has 1 amide bonds. The fourth-order valence-electron chi connectivity index (χ4n) is 3.32. The summed E-state index contributed by atoms with van der Waals surface area (Å²) in [5.41, 5.74) is 3.20. The first kappa shape index (κ1) is 16.5. The molecule has 3 rings (SSSR count). The Kier molecular flexibility index (Phi) is 5.13. The third-order valence-electron chi connectivity index (χ3n) is 4.64. The first-order valence-electron chi connectivity index (χ1n) is 8.59. The first-order chi connectivity index (χ1) is 11.6. The Balaban J connectivity index is 1.51. The van der Waals surface area contributed by atoms with Gasteiger partial charge in [0.25, 0.3) is 0 Å². The summed E-state index contributed by atoms with van der Waals surface area (Å²) in [6, 6.07) is 6.14. The Morgan fingerprint density at radius 2 is 2.29 bits per heavy atom. The molecule has 0 saturated carbocycles. The molecule has 1 atom stereocenters. The van der Waals surface area contributed by atoms with E-state index in [2.05, 4.69) is 25.4 Å². The largest absolute Gasteiger partial charge is 0.355 e. The van der Waals surface area contributed by atoms with Crippen LogP contribution in [0.15, 0.2) is 24.4 Å². The van der Waals surface area contributed by atoms with E-state index < -0.39 is 0 Å². The number of amides is 1. The third kappa shape index (κ3) is 3.93. The van der Waals surface area contributed by atoms with Crippen LogP contribution in [0.4, 0.5) is 5.82 Å². The van der Waals surface area contributed by atoms with Crippen molar-refractivity contribution >= 4 is 11.7 Å². The Morgan fingerprint density at radius 1 is 1.42 bits per heavy atom. The van der Waals surface area contributed by atoms with E-state index in [0.29, 0.717) is 6.42 Å². The van der Waals surface area contributed by atoms with Gasteiger partial charge in [0.15, 0.2) is 0 Å². The van der Waals surface area contributed by atoms with E-state index in [1.165, 1.54) is 0 Å². The van der Waals surface area contributed by atoms with Crippen molar-refractivity contribution in [2.24, 2.45) is 0 Å². The Morgan fingerprint density at radius 3 is 3.00 bits per heavy atom. The molecule has 24 heavy (non-hydrogen) atoms. The summed E-state index contributed by atoms with van der Waals surface area (Å²) in [7, 11) is 0. The number of aromatic nitrogens is 3. The van der Waals surface area contributed by atoms with Gasteiger partial charge in [-0.1, -0.05) is 6.07 Å². The van der Waals surface area contributed by atoms with E-state index in [0.717, 1.165) is 55.1 Å². The van der Waals surface area contributed by atoms with Gasteiger partial charge in [-0.15, -0.1) is 0 Å². The van der Waals surface area contributed by atoms with Gasteiger partial charge in [-0.05, 0) is 50.8 Å². The molecule has 0 unspecified atom stereocenters. The second kappa shape index (κ2) is 7.47. The van der Waals surface area contributed by atoms with Crippen molar-refractivity contribution < 1.29 is 4.79 Å². The molecule has 0 spiro atoms. The summed E-state index contributed by atoms with van der Waals surface area (Å²) < 4.78 is 0. The lowest BCUT2D eigenvalue weighted by Gasteiger charge is -2.34. The van der Waals surface area contributed by atoms with E-state index in [9.17, 15) is 4.79 Å². The number of aryl methyl sites for hydroxylation is 2. The summed E-state index contributed by atoms with van der Waals surface area (Å²) in [4.78, 5) is 19.0. The van der Waals surface area contributed by atoms with Crippen LogP contribution in [0.25, 0.3) is 0 Å². The predicted molar refractivity (Wildman–Crippen MR) is 94.0 cm³/mol. The average molecular weight is 327 g/mol. The highest BCUT2D eigenvalue weighted by Gasteiger charge is 2.22. The lowest BCUT2D eigenvalue weighted by atomic mass is 10.0. The summed E-state index contributed by atoms with van der Waals surface area (Å²) in [5.74, 6) is 1.10. The number of carbonyl (C=O) groups is 1. The van der Waals surface area contributed by atoms with Gasteiger partial charge >= 0.3 is 0 Å². The van der Waals surface area contributed by atoms with Crippen LogP contribution in [-0.2, 0) is 11.2 Å². The van der Waals surface area contributed by atoms with Crippen LogP contribution in [-0.4, -0.2) is 40.2 Å². The predicted octanol–water partition coefficient (Wildman–Crippen LogP) is 2.14. The molecule has 0 bridgehead atoms. The molecule has 0 aliphatic carbocycles. The number of nitrogens with zero attached hydrogens (tertiary/aromatic N) is 3. The SMILES string of the molecule is Cc1n[nH]c(C)c1CCC(=O)N[C@@H]1CCCN(c2ccccn2)C1. The molecule has 2 aromatic heterocycles. The second-order valence-electron chi connectivity index (χ2n) is 6.45. The number of hydrogen-bond acceptors (Lipinski definition) is 4. The summed E-state index contributed by atoms with van der Waals surface area (Å²) in [6.45, 7) is 5.80. The second-order valence-corrected chi connectivity index (χ2v) is 6.45. The Hall–Kier alpha value is -2.37. The van der Waals surface area contributed by atoms with E-state index in [1.54, 1.807) is 0 Å². The number of rotatable bonds is 5. The van der Waals surface area contributed by atoms with Crippen LogP contribution in [0.2, 0.25) is 0 Å². The third-order valence-corrected chi connectivity index (χ3v) is 4.64. The molecule has 128 valence electrons. The van der Waals surface area contributed by atoms with Gasteiger partial charge in [-0.25, -0.2) is 4.98 Å². The summed E-state index contributed by atoms with van der Waals surface area (Å²) >= 11 is 0. The van der Waals surface area contributed by atoms with Crippen molar-refractivity contribution in [1.82, 2.24) is 20.5 Å². The van der Waals surface area contributed by atoms with Gasteiger partial charge in [0.1, 0.15) is 5.82 Å². The Labute approximate surface area is 142 Å². The molecule has 1 saturated heterocycles. The zero-order valence-corrected chi connectivity index (χ0v) is 14.4. The average Bonchev–Trinajstić information content (AvgIpc) is 2.92. The van der Waals surface area contributed by atoms with Crippen molar-refractivity contribution in [1.29, 1.82) is 0 Å². The molecule has 3 heterocycles. The molecule has 2 aromatic rings. The molecule has 1 fully saturated rings.